The fraction of sp³-hybridized carbons (Fsp3) is 0.586. The van der Waals surface area contributed by atoms with E-state index in [4.69, 9.17) is 30.4 Å². The molecular weight excluding hydrogens is 1030 g/mol. The molecule has 2 bridgehead atoms. The Morgan fingerprint density at radius 2 is 1.27 bits per heavy atom. The Balaban J connectivity index is 1.54. The maximum absolute atomic E-state index is 13.3. The van der Waals surface area contributed by atoms with Crippen molar-refractivity contribution >= 4 is 29.2 Å². The van der Waals surface area contributed by atoms with Crippen LogP contribution in [0.25, 0.3) is 0 Å². The first-order valence-corrected chi connectivity index (χ1v) is 26.9. The van der Waals surface area contributed by atoms with Gasteiger partial charge in [0.25, 0.3) is 0 Å². The number of carbonyl (C=O) groups excluding carboxylic acids is 3. The minimum absolute atomic E-state index is 0.129. The molecule has 4 rings (SSSR count). The van der Waals surface area contributed by atoms with Crippen LogP contribution in [0.4, 0.5) is 5.69 Å². The van der Waals surface area contributed by atoms with E-state index in [2.05, 4.69) is 0 Å². The van der Waals surface area contributed by atoms with Crippen LogP contribution in [-0.4, -0.2) is 177 Å². The van der Waals surface area contributed by atoms with E-state index < -0.39 is 172 Å². The number of benzene rings is 1. The molecule has 19 atom stereocenters. The molecule has 21 nitrogen and oxygen atoms in total. The Bertz CT molecular complexity index is 2280. The number of carboxylic acid groups (broad SMARTS) is 1. The number of Topliss-reactive ketones (excluding diaryl/α,β-unsaturated/α-hetero) is 2. The number of ether oxygens (including phenoxy) is 4. The van der Waals surface area contributed by atoms with E-state index in [1.807, 2.05) is 19.9 Å². The van der Waals surface area contributed by atoms with Gasteiger partial charge in [-0.3, -0.25) is 19.2 Å². The number of ketones is 2. The predicted octanol–water partition coefficient (Wildman–Crippen LogP) is 2.29. The number of fused-ring (bicyclic) bond motifs is 2. The summed E-state index contributed by atoms with van der Waals surface area (Å²) in [6, 6.07) is 5.23. The standard InChI is InChI=1S/C58H84N2O19/c1-34-16-14-12-10-8-6-4-5-7-9-11-13-15-17-46(77-55-52(60)53(71)36(3)76-57(55)74)31-49-51(56(72)73)48(69)33-58(75,79-49)32-45(67)28-43(65)26-41(63)24-40(62)25-42(64)27-44(66)30-50(70)78-54(34)35(2)18-23-39(61)29-47(68)37-19-21-38(59)22-20-37/h4-17,19-22,34-36,39-41,43-46,48-49,51-55,57,61-63,65-67,69,71,74-75H,18,23-33,59-60H2,1-3H3,(H,72,73)/b5-4+,8-6+,9-7+,12-10+,13-11+,16-14+,17-15+/t34?,35?,36-,39?,40?,41?,43?,44?,45?,46?,48?,49?,51?,52+,53-,54?,55+,57-,58?/m1/s1. The van der Waals surface area contributed by atoms with Crippen LogP contribution in [0.3, 0.4) is 0 Å². The highest BCUT2D eigenvalue weighted by atomic mass is 16.7. The van der Waals surface area contributed by atoms with Crippen LogP contribution < -0.4 is 11.5 Å². The van der Waals surface area contributed by atoms with E-state index in [-0.39, 0.29) is 36.9 Å². The topological polar surface area (TPSA) is 380 Å². The quantitative estimate of drug-likeness (QED) is 0.0908. The monoisotopic (exact) mass is 1110 g/mol. The van der Waals surface area contributed by atoms with E-state index in [9.17, 15) is 75.3 Å². The van der Waals surface area contributed by atoms with Crippen molar-refractivity contribution in [2.24, 2.45) is 23.5 Å². The number of hydrogen-bond donors (Lipinski definition) is 13. The Kier molecular flexibility index (Phi) is 27.7. The number of esters is 1. The number of aliphatic hydroxyl groups is 10. The molecule has 0 aliphatic carbocycles. The highest BCUT2D eigenvalue weighted by molar-refractivity contribution is 5.96. The van der Waals surface area contributed by atoms with Crippen LogP contribution in [0.1, 0.15) is 108 Å². The molecule has 1 aromatic rings. The third-order valence-corrected chi connectivity index (χ3v) is 14.1. The SMILES string of the molecule is CC1/C=C/C=C/C=C/C=C/C=C/C=C/C=C/C(O[C@H]2[C@@H](N)[C@H](O)[C@@H](C)O[C@H]2O)CC2OC(O)(CC(O)CC(O)CC(O)CC(O)CC(=O)CC(O)CC(=O)OC1C(C)CCC(O)CC(=O)c1ccc(N)cc1)CC(O)C2C(=O)O. The van der Waals surface area contributed by atoms with Crippen molar-refractivity contribution in [1.29, 1.82) is 0 Å². The lowest BCUT2D eigenvalue weighted by Gasteiger charge is -2.45. The molecule has 14 unspecified atom stereocenters. The van der Waals surface area contributed by atoms with Gasteiger partial charge < -0.3 is 86.6 Å². The summed E-state index contributed by atoms with van der Waals surface area (Å²) in [7, 11) is 0. The highest BCUT2D eigenvalue weighted by Crippen LogP contribution is 2.38. The largest absolute Gasteiger partial charge is 0.481 e. The molecule has 21 heteroatoms. The first-order chi connectivity index (χ1) is 37.3. The molecule has 15 N–H and O–H groups in total. The summed E-state index contributed by atoms with van der Waals surface area (Å²) < 4.78 is 23.4. The first-order valence-electron chi connectivity index (χ1n) is 26.9. The van der Waals surface area contributed by atoms with Gasteiger partial charge in [-0.2, -0.15) is 0 Å². The normalized spacial score (nSPS) is 38.4. The summed E-state index contributed by atoms with van der Waals surface area (Å²) in [5.74, 6) is -7.83. The van der Waals surface area contributed by atoms with Crippen LogP contribution in [-0.2, 0) is 33.3 Å². The third-order valence-electron chi connectivity index (χ3n) is 14.1. The lowest BCUT2D eigenvalue weighted by molar-refractivity contribution is -0.304. The van der Waals surface area contributed by atoms with Gasteiger partial charge >= 0.3 is 11.9 Å². The molecule has 0 aromatic heterocycles. The molecule has 3 heterocycles. The van der Waals surface area contributed by atoms with Crippen molar-refractivity contribution in [3.8, 4) is 0 Å². The van der Waals surface area contributed by atoms with Crippen LogP contribution in [0, 0.1) is 17.8 Å². The third kappa shape index (κ3) is 23.1. The van der Waals surface area contributed by atoms with Gasteiger partial charge in [-0.05, 0) is 69.2 Å². The number of hydrogen-bond acceptors (Lipinski definition) is 20. The van der Waals surface area contributed by atoms with Gasteiger partial charge in [0, 0.05) is 55.7 Å². The van der Waals surface area contributed by atoms with Gasteiger partial charge in [-0.25, -0.2) is 0 Å². The van der Waals surface area contributed by atoms with Crippen molar-refractivity contribution in [2.45, 2.75) is 195 Å². The van der Waals surface area contributed by atoms with E-state index in [0.29, 0.717) is 17.7 Å². The van der Waals surface area contributed by atoms with Crippen molar-refractivity contribution in [3.05, 3.63) is 115 Å². The molecule has 2 fully saturated rings. The Morgan fingerprint density at radius 1 is 0.722 bits per heavy atom. The summed E-state index contributed by atoms with van der Waals surface area (Å²) >= 11 is 0. The fourth-order valence-corrected chi connectivity index (χ4v) is 9.98. The summed E-state index contributed by atoms with van der Waals surface area (Å²) in [6.45, 7) is 5.18. The zero-order valence-electron chi connectivity index (χ0n) is 45.1. The minimum atomic E-state index is -2.35. The smallest absolute Gasteiger partial charge is 0.311 e. The van der Waals surface area contributed by atoms with Crippen LogP contribution in [0.5, 0.6) is 0 Å². The molecule has 0 amide bonds. The van der Waals surface area contributed by atoms with Gasteiger partial charge in [-0.15, -0.1) is 0 Å². The summed E-state index contributed by atoms with van der Waals surface area (Å²) in [4.78, 5) is 51.6. The van der Waals surface area contributed by atoms with Crippen LogP contribution in [0.15, 0.2) is 109 Å². The fourth-order valence-electron chi connectivity index (χ4n) is 9.98. The molecule has 0 radical (unpaired) electrons. The number of cyclic esters (lactones) is 1. The highest BCUT2D eigenvalue weighted by Gasteiger charge is 2.51. The zero-order chi connectivity index (χ0) is 58.4. The molecular formula is C58H84N2O19. The number of aliphatic hydroxyl groups excluding tert-OH is 9. The molecule has 3 aliphatic rings. The van der Waals surface area contributed by atoms with Gasteiger partial charge in [0.1, 0.15) is 23.9 Å². The van der Waals surface area contributed by atoms with E-state index in [1.54, 1.807) is 97.2 Å². The van der Waals surface area contributed by atoms with Gasteiger partial charge in [0.05, 0.1) is 79.6 Å². The predicted molar refractivity (Wildman–Crippen MR) is 290 cm³/mol. The maximum Gasteiger partial charge on any atom is 0.311 e. The van der Waals surface area contributed by atoms with Gasteiger partial charge in [-0.1, -0.05) is 98.9 Å². The molecule has 0 spiro atoms. The van der Waals surface area contributed by atoms with Crippen LogP contribution >= 0.6 is 0 Å². The average Bonchev–Trinajstić information content (AvgIpc) is 3.37. The van der Waals surface area contributed by atoms with Crippen molar-refractivity contribution in [3.63, 3.8) is 0 Å². The number of carbonyl (C=O) groups is 4. The number of nitrogens with two attached hydrogens (primary N) is 2. The lowest BCUT2D eigenvalue weighted by atomic mass is 9.82. The summed E-state index contributed by atoms with van der Waals surface area (Å²) in [5, 5.41) is 119. The van der Waals surface area contributed by atoms with Gasteiger partial charge in [0.15, 0.2) is 17.9 Å². The molecule has 440 valence electrons. The number of nitrogen functional groups attached to an aromatic ring is 1. The summed E-state index contributed by atoms with van der Waals surface area (Å²) in [5.41, 5.74) is 12.9. The lowest BCUT2D eigenvalue weighted by Crippen LogP contribution is -2.62. The first kappa shape index (κ1) is 66.4. The molecule has 79 heavy (non-hydrogen) atoms. The second-order valence-corrected chi connectivity index (χ2v) is 21.2. The summed E-state index contributed by atoms with van der Waals surface area (Å²) in [6.07, 6.45) is 1.59. The van der Waals surface area contributed by atoms with Crippen molar-refractivity contribution < 1.29 is 94.3 Å². The molecule has 0 saturated carbocycles. The molecule has 3 aliphatic heterocycles. The maximum atomic E-state index is 13.3. The molecule has 2 saturated heterocycles. The number of rotatable bonds is 10. The minimum Gasteiger partial charge on any atom is -0.481 e. The number of anilines is 1. The molecule has 1 aromatic carbocycles. The Labute approximate surface area is 461 Å². The number of aliphatic carboxylic acids is 1. The van der Waals surface area contributed by atoms with Crippen molar-refractivity contribution in [1.82, 2.24) is 0 Å². The Hall–Kier alpha value is -5.08. The van der Waals surface area contributed by atoms with E-state index >= 15 is 0 Å². The average molecular weight is 1110 g/mol. The van der Waals surface area contributed by atoms with Gasteiger partial charge in [0.2, 0.25) is 0 Å². The van der Waals surface area contributed by atoms with E-state index in [0.717, 1.165) is 0 Å². The number of carboxylic acids is 1. The van der Waals surface area contributed by atoms with Crippen LogP contribution in [0.2, 0.25) is 0 Å². The van der Waals surface area contributed by atoms with E-state index in [1.165, 1.54) is 13.0 Å². The zero-order valence-corrected chi connectivity index (χ0v) is 45.1. The van der Waals surface area contributed by atoms with Crippen molar-refractivity contribution in [2.75, 3.05) is 5.73 Å². The number of allylic oxidation sites excluding steroid dienone is 12. The second-order valence-electron chi connectivity index (χ2n) is 21.2. The Morgan fingerprint density at radius 3 is 1.86 bits per heavy atom. The second kappa shape index (κ2) is 33.0.